The van der Waals surface area contributed by atoms with Gasteiger partial charge in [0.05, 0.1) is 0 Å². The molecule has 0 nitrogen and oxygen atoms in total. The van der Waals surface area contributed by atoms with E-state index in [-0.39, 0.29) is 21.7 Å². The summed E-state index contributed by atoms with van der Waals surface area (Å²) < 4.78 is 0. The first-order valence-electron chi connectivity index (χ1n) is 13.6. The molecular formula is C36H48. The molecule has 1 aromatic rings. The molecule has 4 rings (SSSR count). The van der Waals surface area contributed by atoms with Crippen LogP contribution in [-0.2, 0) is 11.8 Å². The van der Waals surface area contributed by atoms with E-state index < -0.39 is 0 Å². The van der Waals surface area contributed by atoms with E-state index in [1.54, 1.807) is 0 Å². The van der Waals surface area contributed by atoms with Gasteiger partial charge in [-0.25, -0.2) is 0 Å². The van der Waals surface area contributed by atoms with Crippen LogP contribution >= 0.6 is 0 Å². The van der Waals surface area contributed by atoms with Crippen molar-refractivity contribution in [2.75, 3.05) is 0 Å². The molecule has 0 spiro atoms. The molecule has 0 N–H and O–H groups in total. The van der Waals surface area contributed by atoms with Gasteiger partial charge >= 0.3 is 0 Å². The number of fused-ring (bicyclic) bond motifs is 3. The Morgan fingerprint density at radius 3 is 2.00 bits per heavy atom. The molecule has 0 radical (unpaired) electrons. The van der Waals surface area contributed by atoms with Crippen LogP contribution in [0.4, 0.5) is 0 Å². The Hall–Kier alpha value is -2.34. The molecule has 0 saturated carbocycles. The first-order valence-corrected chi connectivity index (χ1v) is 13.6. The van der Waals surface area contributed by atoms with Crippen molar-refractivity contribution >= 4 is 11.1 Å². The topological polar surface area (TPSA) is 0 Å². The van der Waals surface area contributed by atoms with Crippen LogP contribution in [0.5, 0.6) is 0 Å². The molecule has 0 bridgehead atoms. The third kappa shape index (κ3) is 3.32. The number of benzene rings is 1. The highest BCUT2D eigenvalue weighted by atomic mass is 14.6. The number of hydrogen-bond donors (Lipinski definition) is 0. The van der Waals surface area contributed by atoms with E-state index in [0.717, 1.165) is 30.4 Å². The predicted octanol–water partition coefficient (Wildman–Crippen LogP) is 10.5. The molecule has 1 aromatic carbocycles. The van der Waals surface area contributed by atoms with Gasteiger partial charge in [-0.2, -0.15) is 0 Å². The van der Waals surface area contributed by atoms with E-state index in [1.165, 1.54) is 61.3 Å². The molecule has 0 fully saturated rings. The summed E-state index contributed by atoms with van der Waals surface area (Å²) in [4.78, 5) is 0. The summed E-state index contributed by atoms with van der Waals surface area (Å²) in [6, 6.07) is 2.43. The summed E-state index contributed by atoms with van der Waals surface area (Å²) in [5.74, 6) is 0. The second kappa shape index (κ2) is 7.83. The lowest BCUT2D eigenvalue weighted by molar-refractivity contribution is 0.0544. The van der Waals surface area contributed by atoms with Crippen LogP contribution in [-0.4, -0.2) is 0 Å². The van der Waals surface area contributed by atoms with E-state index in [0.29, 0.717) is 0 Å². The molecule has 3 atom stereocenters. The standard InChI is InChI=1S/C36H48/c1-20(2)27-16-29(33(10,11)12)23(6)31-24(7)32-26(9)36(15)25(8)30(21(3)4)22(5)17-35(36,14)19-34(32,13)18-28(27)31/h16H,1,3,7-8,17-19H2,2,4-6,9-15H3. The second-order valence-corrected chi connectivity index (χ2v) is 14.1. The molecule has 0 aliphatic heterocycles. The lowest BCUT2D eigenvalue weighted by Gasteiger charge is -2.62. The van der Waals surface area contributed by atoms with E-state index >= 15 is 0 Å². The van der Waals surface area contributed by atoms with Crippen molar-refractivity contribution in [3.8, 4) is 0 Å². The third-order valence-corrected chi connectivity index (χ3v) is 10.3. The van der Waals surface area contributed by atoms with Gasteiger partial charge in [0, 0.05) is 5.41 Å². The van der Waals surface area contributed by atoms with Gasteiger partial charge in [-0.05, 0) is 120 Å². The van der Waals surface area contributed by atoms with E-state index in [4.69, 9.17) is 13.2 Å². The molecule has 0 heteroatoms. The molecule has 192 valence electrons. The van der Waals surface area contributed by atoms with E-state index in [9.17, 15) is 0 Å². The Labute approximate surface area is 221 Å². The van der Waals surface area contributed by atoms with Crippen molar-refractivity contribution in [3.63, 3.8) is 0 Å². The average Bonchev–Trinajstić information content (AvgIpc) is 2.68. The average molecular weight is 481 g/mol. The molecule has 0 saturated heterocycles. The highest BCUT2D eigenvalue weighted by Gasteiger charge is 2.59. The van der Waals surface area contributed by atoms with Crippen molar-refractivity contribution in [2.45, 2.75) is 101 Å². The van der Waals surface area contributed by atoms with Crippen molar-refractivity contribution in [1.29, 1.82) is 0 Å². The minimum atomic E-state index is -0.122. The maximum absolute atomic E-state index is 4.86. The highest BCUT2D eigenvalue weighted by Crippen LogP contribution is 2.70. The number of hydrogen-bond acceptors (Lipinski definition) is 0. The van der Waals surface area contributed by atoms with Crippen LogP contribution in [0.3, 0.4) is 0 Å². The quantitative estimate of drug-likeness (QED) is 0.395. The third-order valence-electron chi connectivity index (χ3n) is 10.3. The number of allylic oxidation sites excluding steroid dienone is 8. The van der Waals surface area contributed by atoms with Gasteiger partial charge in [0.15, 0.2) is 0 Å². The van der Waals surface area contributed by atoms with Crippen LogP contribution in [0, 0.1) is 23.2 Å². The SMILES string of the molecule is C=C(C)C1=C(C)CC2(C)CC3(C)Cc4c(C(=C)C)cc(C(C)(C)C)c(C)c4C(=C)C3=C(C)C2(C)C1=C. The summed E-state index contributed by atoms with van der Waals surface area (Å²) in [6.07, 6.45) is 3.24. The zero-order valence-electron chi connectivity index (χ0n) is 25.0. The van der Waals surface area contributed by atoms with Crippen LogP contribution in [0.2, 0.25) is 0 Å². The molecule has 36 heavy (non-hydrogen) atoms. The van der Waals surface area contributed by atoms with Crippen molar-refractivity contribution in [3.05, 3.63) is 93.6 Å². The zero-order chi connectivity index (χ0) is 27.3. The van der Waals surface area contributed by atoms with Gasteiger partial charge in [-0.15, -0.1) is 0 Å². The van der Waals surface area contributed by atoms with E-state index in [2.05, 4.69) is 95.4 Å². The van der Waals surface area contributed by atoms with Gasteiger partial charge in [0.2, 0.25) is 0 Å². The Morgan fingerprint density at radius 2 is 1.50 bits per heavy atom. The molecular weight excluding hydrogens is 432 g/mol. The van der Waals surface area contributed by atoms with Crippen molar-refractivity contribution in [1.82, 2.24) is 0 Å². The summed E-state index contributed by atoms with van der Waals surface area (Å²) in [5, 5.41) is 0. The number of rotatable bonds is 2. The lowest BCUT2D eigenvalue weighted by Crippen LogP contribution is -2.52. The Bertz CT molecular complexity index is 1330. The predicted molar refractivity (Wildman–Crippen MR) is 160 cm³/mol. The maximum Gasteiger partial charge on any atom is 0.0194 e. The smallest absolute Gasteiger partial charge is 0.0194 e. The minimum absolute atomic E-state index is 0.0314. The largest absolute Gasteiger partial charge is 0.0955 e. The lowest BCUT2D eigenvalue weighted by atomic mass is 9.41. The van der Waals surface area contributed by atoms with Gasteiger partial charge in [0.1, 0.15) is 0 Å². The normalized spacial score (nSPS) is 30.2. The fraction of sp³-hybridized carbons (Fsp3) is 0.500. The van der Waals surface area contributed by atoms with Crippen molar-refractivity contribution < 1.29 is 0 Å². The molecule has 0 aromatic heterocycles. The summed E-state index contributed by atoms with van der Waals surface area (Å²) >= 11 is 0. The van der Waals surface area contributed by atoms with Crippen LogP contribution < -0.4 is 0 Å². The summed E-state index contributed by atoms with van der Waals surface area (Å²) in [5.41, 5.74) is 17.4. The maximum atomic E-state index is 4.86. The van der Waals surface area contributed by atoms with Crippen LogP contribution in [0.25, 0.3) is 11.1 Å². The van der Waals surface area contributed by atoms with Crippen LogP contribution in [0.1, 0.15) is 110 Å². The zero-order valence-corrected chi connectivity index (χ0v) is 25.0. The van der Waals surface area contributed by atoms with Crippen molar-refractivity contribution in [2.24, 2.45) is 16.2 Å². The fourth-order valence-corrected chi connectivity index (χ4v) is 8.76. The van der Waals surface area contributed by atoms with Crippen LogP contribution in [0.15, 0.2) is 65.8 Å². The minimum Gasteiger partial charge on any atom is -0.0955 e. The Morgan fingerprint density at radius 1 is 0.917 bits per heavy atom. The van der Waals surface area contributed by atoms with Gasteiger partial charge in [-0.1, -0.05) is 96.2 Å². The van der Waals surface area contributed by atoms with Gasteiger partial charge in [-0.3, -0.25) is 0 Å². The Balaban J connectivity index is 2.07. The summed E-state index contributed by atoms with van der Waals surface area (Å²) in [7, 11) is 0. The fourth-order valence-electron chi connectivity index (χ4n) is 8.76. The molecule has 3 aliphatic rings. The molecule has 0 amide bonds. The first-order chi connectivity index (χ1) is 16.3. The molecule has 0 heterocycles. The van der Waals surface area contributed by atoms with Gasteiger partial charge in [0.25, 0.3) is 0 Å². The van der Waals surface area contributed by atoms with Gasteiger partial charge < -0.3 is 0 Å². The second-order valence-electron chi connectivity index (χ2n) is 14.1. The van der Waals surface area contributed by atoms with E-state index in [1.807, 2.05) is 0 Å². The highest BCUT2D eigenvalue weighted by molar-refractivity contribution is 5.89. The Kier molecular flexibility index (Phi) is 5.81. The summed E-state index contributed by atoms with van der Waals surface area (Å²) in [6.45, 7) is 44.1. The molecule has 3 aliphatic carbocycles. The molecule has 3 unspecified atom stereocenters. The first kappa shape index (κ1) is 26.7. The monoisotopic (exact) mass is 480 g/mol.